The fraction of sp³-hybridized carbons (Fsp3) is 0.526. The molecule has 3 atom stereocenters. The minimum Gasteiger partial charge on any atom is -0.390 e. The van der Waals surface area contributed by atoms with Gasteiger partial charge in [-0.3, -0.25) is 9.78 Å². The van der Waals surface area contributed by atoms with E-state index in [1.54, 1.807) is 6.20 Å². The zero-order valence-corrected chi connectivity index (χ0v) is 14.0. The smallest absolute Gasteiger partial charge is 0.274 e. The Bertz CT molecular complexity index is 778. The molecule has 4 rings (SSSR count). The molecule has 0 bridgehead atoms. The molecule has 1 saturated heterocycles. The summed E-state index contributed by atoms with van der Waals surface area (Å²) in [6.45, 7) is 3.39. The number of fused-ring (bicyclic) bond motifs is 2. The topological polar surface area (TPSA) is 66.3 Å². The third-order valence-corrected chi connectivity index (χ3v) is 5.88. The van der Waals surface area contributed by atoms with Crippen LogP contribution in [0.25, 0.3) is 11.0 Å². The Morgan fingerprint density at radius 3 is 2.92 bits per heavy atom. The van der Waals surface area contributed by atoms with E-state index >= 15 is 0 Å². The Morgan fingerprint density at radius 1 is 1.33 bits per heavy atom. The highest BCUT2D eigenvalue weighted by atomic mass is 16.3. The molecule has 2 heterocycles. The highest BCUT2D eigenvalue weighted by Crippen LogP contribution is 2.44. The fourth-order valence-corrected chi connectivity index (χ4v) is 4.46. The number of aliphatic hydroxyl groups is 1. The largest absolute Gasteiger partial charge is 0.390 e. The number of benzene rings is 1. The first-order valence-electron chi connectivity index (χ1n) is 8.84. The van der Waals surface area contributed by atoms with Gasteiger partial charge in [-0.25, -0.2) is 4.98 Å². The average Bonchev–Trinajstić information content (AvgIpc) is 3.06. The van der Waals surface area contributed by atoms with Crippen LogP contribution in [0.2, 0.25) is 0 Å². The molecule has 2 aliphatic rings. The van der Waals surface area contributed by atoms with E-state index in [0.29, 0.717) is 18.2 Å². The van der Waals surface area contributed by atoms with Gasteiger partial charge in [0.25, 0.3) is 5.91 Å². The Kier molecular flexibility index (Phi) is 3.76. The number of carbonyl (C=O) groups excluding carboxylic acids is 1. The van der Waals surface area contributed by atoms with E-state index < -0.39 is 5.60 Å². The Morgan fingerprint density at radius 2 is 2.12 bits per heavy atom. The van der Waals surface area contributed by atoms with E-state index in [2.05, 4.69) is 9.97 Å². The summed E-state index contributed by atoms with van der Waals surface area (Å²) in [6, 6.07) is 7.58. The van der Waals surface area contributed by atoms with Crippen LogP contribution in [-0.2, 0) is 0 Å². The molecule has 0 spiro atoms. The van der Waals surface area contributed by atoms with Crippen LogP contribution in [0, 0.1) is 11.8 Å². The van der Waals surface area contributed by atoms with Crippen molar-refractivity contribution in [3.8, 4) is 0 Å². The van der Waals surface area contributed by atoms with E-state index in [1.807, 2.05) is 36.1 Å². The average molecular weight is 325 g/mol. The van der Waals surface area contributed by atoms with Crippen molar-refractivity contribution < 1.29 is 9.90 Å². The normalized spacial score (nSPS) is 29.7. The quantitative estimate of drug-likeness (QED) is 0.922. The van der Waals surface area contributed by atoms with Crippen molar-refractivity contribution >= 4 is 16.9 Å². The number of nitrogens with zero attached hydrogens (tertiary/aromatic N) is 3. The Labute approximate surface area is 141 Å². The van der Waals surface area contributed by atoms with E-state index in [1.165, 1.54) is 0 Å². The van der Waals surface area contributed by atoms with Crippen molar-refractivity contribution in [2.24, 2.45) is 11.8 Å². The lowest BCUT2D eigenvalue weighted by Crippen LogP contribution is -2.44. The zero-order valence-electron chi connectivity index (χ0n) is 14.0. The minimum absolute atomic E-state index is 0.0684. The molecule has 1 N–H and O–H groups in total. The summed E-state index contributed by atoms with van der Waals surface area (Å²) in [4.78, 5) is 23.6. The van der Waals surface area contributed by atoms with E-state index in [-0.39, 0.29) is 11.8 Å². The van der Waals surface area contributed by atoms with E-state index in [4.69, 9.17) is 0 Å². The number of para-hydroxylation sites is 2. The molecule has 5 nitrogen and oxygen atoms in total. The van der Waals surface area contributed by atoms with Gasteiger partial charge < -0.3 is 10.0 Å². The second-order valence-corrected chi connectivity index (χ2v) is 7.17. The van der Waals surface area contributed by atoms with Gasteiger partial charge in [-0.15, -0.1) is 0 Å². The Hall–Kier alpha value is -2.01. The summed E-state index contributed by atoms with van der Waals surface area (Å²) in [5.74, 6) is 0.524. The van der Waals surface area contributed by atoms with Crippen molar-refractivity contribution in [3.63, 3.8) is 0 Å². The maximum atomic E-state index is 12.9. The molecule has 2 aromatic rings. The first-order valence-corrected chi connectivity index (χ1v) is 8.84. The third-order valence-electron chi connectivity index (χ3n) is 5.88. The standard InChI is InChI=1S/C19H23N3O2/c1-2-19(24)9-5-6-13-11-22(12-14(13)19)18(23)17-10-20-15-7-3-4-8-16(15)21-17/h3-4,7-8,10,13-14,24H,2,5-6,9,11-12H2,1H3/t13-,14+,19-/m0/s1. The molecule has 1 aliphatic carbocycles. The minimum atomic E-state index is -0.618. The molecule has 24 heavy (non-hydrogen) atoms. The SMILES string of the molecule is CC[C@]1(O)CCC[C@H]2CN(C(=O)c3cnc4ccccc4n3)C[C@H]21. The molecule has 1 saturated carbocycles. The zero-order chi connectivity index (χ0) is 16.7. The first-order chi connectivity index (χ1) is 11.6. The fourth-order valence-electron chi connectivity index (χ4n) is 4.46. The molecule has 1 amide bonds. The maximum Gasteiger partial charge on any atom is 0.274 e. The van der Waals surface area contributed by atoms with Gasteiger partial charge in [-0.05, 0) is 37.3 Å². The van der Waals surface area contributed by atoms with Gasteiger partial charge >= 0.3 is 0 Å². The van der Waals surface area contributed by atoms with Gasteiger partial charge in [0.1, 0.15) is 5.69 Å². The summed E-state index contributed by atoms with van der Waals surface area (Å²) in [5.41, 5.74) is 1.31. The van der Waals surface area contributed by atoms with Crippen LogP contribution >= 0.6 is 0 Å². The molecule has 1 aromatic heterocycles. The summed E-state index contributed by atoms with van der Waals surface area (Å²) in [5, 5.41) is 10.9. The molecular formula is C19H23N3O2. The predicted molar refractivity (Wildman–Crippen MR) is 91.5 cm³/mol. The highest BCUT2D eigenvalue weighted by Gasteiger charge is 2.48. The van der Waals surface area contributed by atoms with Crippen molar-refractivity contribution in [3.05, 3.63) is 36.2 Å². The molecule has 1 aromatic carbocycles. The lowest BCUT2D eigenvalue weighted by Gasteiger charge is -2.40. The molecular weight excluding hydrogens is 302 g/mol. The van der Waals surface area contributed by atoms with Crippen LogP contribution in [0.4, 0.5) is 0 Å². The Balaban J connectivity index is 1.58. The monoisotopic (exact) mass is 325 g/mol. The molecule has 0 radical (unpaired) electrons. The number of rotatable bonds is 2. The number of likely N-dealkylation sites (tertiary alicyclic amines) is 1. The van der Waals surface area contributed by atoms with Crippen molar-refractivity contribution in [2.45, 2.75) is 38.2 Å². The van der Waals surface area contributed by atoms with Gasteiger partial charge in [0.15, 0.2) is 0 Å². The second kappa shape index (κ2) is 5.81. The lowest BCUT2D eigenvalue weighted by molar-refractivity contribution is -0.0609. The van der Waals surface area contributed by atoms with Gasteiger partial charge in [-0.1, -0.05) is 25.5 Å². The molecule has 2 fully saturated rings. The number of hydrogen-bond acceptors (Lipinski definition) is 4. The summed E-state index contributed by atoms with van der Waals surface area (Å²) in [6.07, 6.45) is 5.32. The molecule has 0 unspecified atom stereocenters. The van der Waals surface area contributed by atoms with Crippen LogP contribution < -0.4 is 0 Å². The van der Waals surface area contributed by atoms with Crippen molar-refractivity contribution in [2.75, 3.05) is 13.1 Å². The van der Waals surface area contributed by atoms with Crippen LogP contribution in [0.3, 0.4) is 0 Å². The van der Waals surface area contributed by atoms with Crippen LogP contribution in [0.5, 0.6) is 0 Å². The first kappa shape index (κ1) is 15.5. The third kappa shape index (κ3) is 2.47. The summed E-state index contributed by atoms with van der Waals surface area (Å²) >= 11 is 0. The lowest BCUT2D eigenvalue weighted by atomic mass is 9.69. The molecule has 126 valence electrons. The summed E-state index contributed by atoms with van der Waals surface area (Å²) < 4.78 is 0. The van der Waals surface area contributed by atoms with E-state index in [9.17, 15) is 9.90 Å². The van der Waals surface area contributed by atoms with Gasteiger partial charge in [-0.2, -0.15) is 0 Å². The summed E-state index contributed by atoms with van der Waals surface area (Å²) in [7, 11) is 0. The molecule has 5 heteroatoms. The predicted octanol–water partition coefficient (Wildman–Crippen LogP) is 2.64. The number of aromatic nitrogens is 2. The highest BCUT2D eigenvalue weighted by molar-refractivity contribution is 5.94. The maximum absolute atomic E-state index is 12.9. The van der Waals surface area contributed by atoms with Crippen LogP contribution in [-0.4, -0.2) is 44.6 Å². The second-order valence-electron chi connectivity index (χ2n) is 7.17. The molecule has 1 aliphatic heterocycles. The van der Waals surface area contributed by atoms with Crippen LogP contribution in [0.1, 0.15) is 43.1 Å². The van der Waals surface area contributed by atoms with Crippen molar-refractivity contribution in [1.29, 1.82) is 0 Å². The number of carbonyl (C=O) groups is 1. The van der Waals surface area contributed by atoms with Gasteiger partial charge in [0.05, 0.1) is 22.8 Å². The number of amides is 1. The van der Waals surface area contributed by atoms with E-state index in [0.717, 1.165) is 43.3 Å². The van der Waals surface area contributed by atoms with Crippen molar-refractivity contribution in [1.82, 2.24) is 14.9 Å². The van der Waals surface area contributed by atoms with Crippen LogP contribution in [0.15, 0.2) is 30.5 Å². The number of hydrogen-bond donors (Lipinski definition) is 1. The van der Waals surface area contributed by atoms with Gasteiger partial charge in [0.2, 0.25) is 0 Å². The van der Waals surface area contributed by atoms with Gasteiger partial charge in [0, 0.05) is 19.0 Å².